The van der Waals surface area contributed by atoms with Crippen molar-refractivity contribution >= 4 is 43.6 Å². The fourth-order valence-electron chi connectivity index (χ4n) is 9.64. The molecule has 1 unspecified atom stereocenters. The molecule has 0 spiro atoms. The van der Waals surface area contributed by atoms with Crippen molar-refractivity contribution in [3.8, 4) is 57.9 Å². The molecule has 0 radical (unpaired) electrons. The van der Waals surface area contributed by atoms with Crippen LogP contribution in [0.5, 0.6) is 0 Å². The summed E-state index contributed by atoms with van der Waals surface area (Å²) in [5, 5.41) is 47.7. The maximum Gasteiger partial charge on any atom is 0.102 e. The third-order valence-corrected chi connectivity index (χ3v) is 12.0. The number of hydrogen-bond donors (Lipinski definition) is 0. The van der Waals surface area contributed by atoms with Gasteiger partial charge in [-0.05, 0) is 70.3 Å². The summed E-state index contributed by atoms with van der Waals surface area (Å²) < 4.78 is 4.07. The molecular formula is C53H28N6. The number of aromatic nitrogens is 2. The van der Waals surface area contributed by atoms with E-state index in [0.29, 0.717) is 39.2 Å². The minimum atomic E-state index is -0.0336. The highest BCUT2D eigenvalue weighted by atomic mass is 15.0. The Labute approximate surface area is 339 Å². The largest absolute Gasteiger partial charge is 0.308 e. The van der Waals surface area contributed by atoms with Crippen molar-refractivity contribution in [3.05, 3.63) is 203 Å². The lowest BCUT2D eigenvalue weighted by Crippen LogP contribution is -2.06. The second-order valence-electron chi connectivity index (χ2n) is 14.8. The summed E-state index contributed by atoms with van der Waals surface area (Å²) >= 11 is 0. The van der Waals surface area contributed by atoms with Gasteiger partial charge in [0.2, 0.25) is 0 Å². The molecule has 0 amide bonds. The SMILES string of the molecule is N#Cc1cc(-c2ccc(C#N)c(-n3c4ccccc4c4c5c(ccc43)-c3ccccc3C5c3ccccc3)c2C#N)c(C#N)c(-n2c3ccccc3c3ccccc32)c1. The number of para-hydroxylation sites is 3. The number of nitrogens with zero attached hydrogens (tertiary/aromatic N) is 6. The van der Waals surface area contributed by atoms with E-state index in [4.69, 9.17) is 0 Å². The lowest BCUT2D eigenvalue weighted by atomic mass is 9.87. The van der Waals surface area contributed by atoms with Crippen molar-refractivity contribution in [1.29, 1.82) is 21.0 Å². The number of nitriles is 4. The van der Waals surface area contributed by atoms with E-state index in [9.17, 15) is 21.0 Å². The molecule has 59 heavy (non-hydrogen) atoms. The molecule has 270 valence electrons. The standard InChI is InChI=1S/C53H28N6/c54-28-32-26-42(43(30-56)49(27-32)58-45-19-9-6-15-37(45)38-16-7-10-20-46(38)58)36-23-22-34(29-55)53(44(36)31-57)59-47-21-11-8-18-41(47)51-48(59)25-24-40-35-14-4-5-17-39(35)50(52(40)51)33-12-2-1-3-13-33/h1-27,50H. The van der Waals surface area contributed by atoms with E-state index in [1.165, 1.54) is 22.3 Å². The average Bonchev–Trinajstić information content (AvgIpc) is 3.94. The van der Waals surface area contributed by atoms with Crippen molar-refractivity contribution in [2.75, 3.05) is 0 Å². The van der Waals surface area contributed by atoms with Crippen LogP contribution >= 0.6 is 0 Å². The molecule has 0 aliphatic heterocycles. The molecule has 1 aliphatic carbocycles. The lowest BCUT2D eigenvalue weighted by Gasteiger charge is -2.19. The molecular weight excluding hydrogens is 721 g/mol. The second kappa shape index (κ2) is 12.9. The summed E-state index contributed by atoms with van der Waals surface area (Å²) in [6, 6.07) is 64.1. The fourth-order valence-corrected chi connectivity index (χ4v) is 9.64. The predicted octanol–water partition coefficient (Wildman–Crippen LogP) is 12.2. The van der Waals surface area contributed by atoms with Gasteiger partial charge in [-0.2, -0.15) is 21.0 Å². The third-order valence-electron chi connectivity index (χ3n) is 12.0. The average molecular weight is 749 g/mol. The van der Waals surface area contributed by atoms with Crippen LogP contribution in [0.15, 0.2) is 164 Å². The van der Waals surface area contributed by atoms with Gasteiger partial charge in [0.1, 0.15) is 18.2 Å². The van der Waals surface area contributed by atoms with E-state index < -0.39 is 0 Å². The minimum absolute atomic E-state index is 0.0336. The first-order valence-electron chi connectivity index (χ1n) is 19.3. The molecule has 1 aliphatic rings. The van der Waals surface area contributed by atoms with Crippen LogP contribution in [0, 0.1) is 45.3 Å². The van der Waals surface area contributed by atoms with Crippen LogP contribution in [0.4, 0.5) is 0 Å². The van der Waals surface area contributed by atoms with Gasteiger partial charge in [-0.15, -0.1) is 0 Å². The van der Waals surface area contributed by atoms with Gasteiger partial charge in [0, 0.05) is 38.6 Å². The summed E-state index contributed by atoms with van der Waals surface area (Å²) in [5.41, 5.74) is 12.5. The monoisotopic (exact) mass is 748 g/mol. The number of hydrogen-bond acceptors (Lipinski definition) is 4. The van der Waals surface area contributed by atoms with Gasteiger partial charge in [0.05, 0.1) is 61.8 Å². The third kappa shape index (κ3) is 4.70. The molecule has 2 aromatic heterocycles. The zero-order valence-corrected chi connectivity index (χ0v) is 31.3. The van der Waals surface area contributed by atoms with Crippen molar-refractivity contribution < 1.29 is 0 Å². The maximum atomic E-state index is 11.3. The molecule has 0 N–H and O–H groups in total. The second-order valence-corrected chi connectivity index (χ2v) is 14.8. The van der Waals surface area contributed by atoms with Crippen LogP contribution in [0.3, 0.4) is 0 Å². The summed E-state index contributed by atoms with van der Waals surface area (Å²) in [5.74, 6) is -0.0336. The summed E-state index contributed by atoms with van der Waals surface area (Å²) in [7, 11) is 0. The lowest BCUT2D eigenvalue weighted by molar-refractivity contribution is 1.03. The van der Waals surface area contributed by atoms with E-state index in [-0.39, 0.29) is 11.5 Å². The van der Waals surface area contributed by atoms with Crippen LogP contribution < -0.4 is 0 Å². The van der Waals surface area contributed by atoms with E-state index in [2.05, 4.69) is 103 Å². The van der Waals surface area contributed by atoms with Crippen LogP contribution in [0.2, 0.25) is 0 Å². The highest BCUT2D eigenvalue weighted by Gasteiger charge is 2.34. The van der Waals surface area contributed by atoms with E-state index >= 15 is 0 Å². The molecule has 8 aromatic carbocycles. The molecule has 1 atom stereocenters. The number of fused-ring (bicyclic) bond motifs is 10. The first-order valence-corrected chi connectivity index (χ1v) is 19.3. The number of benzene rings is 8. The van der Waals surface area contributed by atoms with Crippen molar-refractivity contribution in [2.24, 2.45) is 0 Å². The topological polar surface area (TPSA) is 105 Å². The van der Waals surface area contributed by atoms with Crippen molar-refractivity contribution in [3.63, 3.8) is 0 Å². The highest BCUT2D eigenvalue weighted by Crippen LogP contribution is 2.53. The van der Waals surface area contributed by atoms with Gasteiger partial charge in [-0.25, -0.2) is 0 Å². The Morgan fingerprint density at radius 3 is 1.71 bits per heavy atom. The predicted molar refractivity (Wildman–Crippen MR) is 232 cm³/mol. The Bertz CT molecular complexity index is 3560. The number of rotatable bonds is 4. The Kier molecular flexibility index (Phi) is 7.38. The molecule has 11 rings (SSSR count). The van der Waals surface area contributed by atoms with Gasteiger partial charge in [0.15, 0.2) is 0 Å². The fraction of sp³-hybridized carbons (Fsp3) is 0.0189. The van der Waals surface area contributed by atoms with Crippen LogP contribution in [-0.2, 0) is 0 Å². The summed E-state index contributed by atoms with van der Waals surface area (Å²) in [6.45, 7) is 0. The Hall–Kier alpha value is -8.68. The molecule has 0 saturated carbocycles. The minimum Gasteiger partial charge on any atom is -0.308 e. The van der Waals surface area contributed by atoms with Crippen molar-refractivity contribution in [2.45, 2.75) is 5.92 Å². The first kappa shape index (κ1) is 33.6. The Morgan fingerprint density at radius 1 is 0.424 bits per heavy atom. The zero-order valence-electron chi connectivity index (χ0n) is 31.3. The van der Waals surface area contributed by atoms with Gasteiger partial charge >= 0.3 is 0 Å². The van der Waals surface area contributed by atoms with Crippen LogP contribution in [-0.4, -0.2) is 9.13 Å². The molecule has 6 nitrogen and oxygen atoms in total. The first-order chi connectivity index (χ1) is 29.1. The summed E-state index contributed by atoms with van der Waals surface area (Å²) in [4.78, 5) is 0. The molecule has 0 fully saturated rings. The smallest absolute Gasteiger partial charge is 0.102 e. The normalized spacial score (nSPS) is 12.8. The van der Waals surface area contributed by atoms with Gasteiger partial charge < -0.3 is 9.13 Å². The van der Waals surface area contributed by atoms with Gasteiger partial charge in [0.25, 0.3) is 0 Å². The zero-order chi connectivity index (χ0) is 39.8. The maximum absolute atomic E-state index is 11.3. The van der Waals surface area contributed by atoms with E-state index in [0.717, 1.165) is 49.2 Å². The van der Waals surface area contributed by atoms with E-state index in [1.54, 1.807) is 24.3 Å². The quantitative estimate of drug-likeness (QED) is 0.179. The Morgan fingerprint density at radius 2 is 1.03 bits per heavy atom. The molecule has 0 saturated heterocycles. The van der Waals surface area contributed by atoms with E-state index in [1.807, 2.05) is 69.8 Å². The summed E-state index contributed by atoms with van der Waals surface area (Å²) in [6.07, 6.45) is 0. The van der Waals surface area contributed by atoms with Gasteiger partial charge in [-0.3, -0.25) is 0 Å². The van der Waals surface area contributed by atoms with Crippen molar-refractivity contribution in [1.82, 2.24) is 9.13 Å². The highest BCUT2D eigenvalue weighted by molar-refractivity contribution is 6.15. The molecule has 2 heterocycles. The molecule has 0 bridgehead atoms. The molecule has 10 aromatic rings. The van der Waals surface area contributed by atoms with Gasteiger partial charge in [-0.1, -0.05) is 121 Å². The molecule has 6 heteroatoms. The van der Waals surface area contributed by atoms with Crippen LogP contribution in [0.25, 0.3) is 77.2 Å². The van der Waals surface area contributed by atoms with Crippen LogP contribution in [0.1, 0.15) is 44.9 Å². The Balaban J connectivity index is 1.23.